The number of fused-ring (bicyclic) bond motifs is 1. The third kappa shape index (κ3) is 1.10. The molecule has 2 rings (SSSR count). The van der Waals surface area contributed by atoms with Crippen LogP contribution in [-0.4, -0.2) is 26.6 Å². The molecule has 1 aliphatic heterocycles. The summed E-state index contributed by atoms with van der Waals surface area (Å²) in [6.45, 7) is 3.64. The topological polar surface area (TPSA) is 76.9 Å². The molecule has 80 valence electrons. The number of amides is 1. The van der Waals surface area contributed by atoms with E-state index >= 15 is 0 Å². The van der Waals surface area contributed by atoms with Crippen molar-refractivity contribution in [3.05, 3.63) is 6.33 Å². The van der Waals surface area contributed by atoms with E-state index in [4.69, 9.17) is 0 Å². The summed E-state index contributed by atoms with van der Waals surface area (Å²) >= 11 is 0. The summed E-state index contributed by atoms with van der Waals surface area (Å²) in [4.78, 5) is 27.7. The van der Waals surface area contributed by atoms with Gasteiger partial charge in [0.15, 0.2) is 0 Å². The van der Waals surface area contributed by atoms with Gasteiger partial charge in [0.25, 0.3) is 5.91 Å². The molecule has 0 bridgehead atoms. The van der Waals surface area contributed by atoms with Crippen molar-refractivity contribution in [2.45, 2.75) is 26.7 Å². The molecule has 6 heteroatoms. The number of carbonyl (C=O) groups excluding carboxylic acids is 2. The Morgan fingerprint density at radius 1 is 1.40 bits per heavy atom. The molecule has 2 heterocycles. The molecule has 6 nitrogen and oxygen atoms in total. The fourth-order valence-corrected chi connectivity index (χ4v) is 1.87. The molecule has 0 saturated carbocycles. The summed E-state index contributed by atoms with van der Waals surface area (Å²) in [6.07, 6.45) is 2.19. The zero-order valence-electron chi connectivity index (χ0n) is 8.65. The first-order valence-corrected chi connectivity index (χ1v) is 4.92. The predicted octanol–water partition coefficient (Wildman–Crippen LogP) is 0.677. The Morgan fingerprint density at radius 3 is 2.67 bits per heavy atom. The van der Waals surface area contributed by atoms with Crippen molar-refractivity contribution in [1.82, 2.24) is 14.8 Å². The van der Waals surface area contributed by atoms with E-state index in [-0.39, 0.29) is 17.8 Å². The molecular formula is C9H12N4O2. The number of hydrogen-bond donors (Lipinski definition) is 1. The second-order valence-electron chi connectivity index (χ2n) is 3.54. The molecule has 0 spiro atoms. The van der Waals surface area contributed by atoms with Crippen LogP contribution in [-0.2, 0) is 4.79 Å². The molecule has 1 aromatic heterocycles. The number of aromatic nitrogens is 3. The number of hydrogen-bond acceptors (Lipinski definition) is 4. The highest BCUT2D eigenvalue weighted by Crippen LogP contribution is 2.33. The zero-order valence-corrected chi connectivity index (χ0v) is 8.65. The van der Waals surface area contributed by atoms with Gasteiger partial charge in [-0.1, -0.05) is 13.8 Å². The molecule has 1 aromatic rings. The SMILES string of the molecule is CCC1(CC)C(=O)Nc2ncnn2C1=O. The van der Waals surface area contributed by atoms with Crippen molar-refractivity contribution < 1.29 is 9.59 Å². The normalized spacial score (nSPS) is 18.5. The van der Waals surface area contributed by atoms with E-state index in [1.807, 2.05) is 13.8 Å². The van der Waals surface area contributed by atoms with E-state index in [9.17, 15) is 9.59 Å². The lowest BCUT2D eigenvalue weighted by atomic mass is 9.79. The molecule has 0 unspecified atom stereocenters. The third-order valence-corrected chi connectivity index (χ3v) is 3.02. The molecule has 0 radical (unpaired) electrons. The Balaban J connectivity index is 2.55. The number of rotatable bonds is 2. The van der Waals surface area contributed by atoms with Crippen LogP contribution < -0.4 is 5.32 Å². The first-order valence-electron chi connectivity index (χ1n) is 4.92. The van der Waals surface area contributed by atoms with Crippen LogP contribution in [0.1, 0.15) is 31.5 Å². The predicted molar refractivity (Wildman–Crippen MR) is 52.3 cm³/mol. The van der Waals surface area contributed by atoms with Crippen molar-refractivity contribution in [2.75, 3.05) is 5.32 Å². The summed E-state index contributed by atoms with van der Waals surface area (Å²) in [5.41, 5.74) is -0.985. The first kappa shape index (κ1) is 9.82. The van der Waals surface area contributed by atoms with Crippen molar-refractivity contribution >= 4 is 17.8 Å². The Labute approximate surface area is 86.7 Å². The maximum absolute atomic E-state index is 12.1. The zero-order chi connectivity index (χ0) is 11.1. The van der Waals surface area contributed by atoms with Gasteiger partial charge in [-0.05, 0) is 12.8 Å². The van der Waals surface area contributed by atoms with Crippen LogP contribution >= 0.6 is 0 Å². The van der Waals surface area contributed by atoms with Crippen LogP contribution in [0.5, 0.6) is 0 Å². The van der Waals surface area contributed by atoms with Crippen molar-refractivity contribution in [2.24, 2.45) is 5.41 Å². The molecule has 1 aliphatic rings. The van der Waals surface area contributed by atoms with Gasteiger partial charge in [-0.25, -0.2) is 0 Å². The van der Waals surface area contributed by atoms with Crippen molar-refractivity contribution in [1.29, 1.82) is 0 Å². The average molecular weight is 208 g/mol. The third-order valence-electron chi connectivity index (χ3n) is 3.02. The van der Waals surface area contributed by atoms with Gasteiger partial charge >= 0.3 is 0 Å². The van der Waals surface area contributed by atoms with E-state index in [0.717, 1.165) is 4.68 Å². The first-order chi connectivity index (χ1) is 7.15. The van der Waals surface area contributed by atoms with E-state index < -0.39 is 5.41 Å². The largest absolute Gasteiger partial charge is 0.293 e. The van der Waals surface area contributed by atoms with Gasteiger partial charge in [0.2, 0.25) is 11.9 Å². The monoisotopic (exact) mass is 208 g/mol. The van der Waals surface area contributed by atoms with Crippen LogP contribution in [0.2, 0.25) is 0 Å². The number of nitrogens with one attached hydrogen (secondary N) is 1. The van der Waals surface area contributed by atoms with Gasteiger partial charge in [0.05, 0.1) is 0 Å². The van der Waals surface area contributed by atoms with E-state index in [1.165, 1.54) is 6.33 Å². The molecule has 1 N–H and O–H groups in total. The van der Waals surface area contributed by atoms with Crippen LogP contribution in [0, 0.1) is 5.41 Å². The van der Waals surface area contributed by atoms with Gasteiger partial charge in [-0.2, -0.15) is 14.8 Å². The summed E-state index contributed by atoms with van der Waals surface area (Å²) < 4.78 is 1.16. The number of nitrogens with zero attached hydrogens (tertiary/aromatic N) is 3. The highest BCUT2D eigenvalue weighted by atomic mass is 16.2. The fraction of sp³-hybridized carbons (Fsp3) is 0.556. The van der Waals surface area contributed by atoms with Gasteiger partial charge < -0.3 is 0 Å². The average Bonchev–Trinajstić information content (AvgIpc) is 2.68. The maximum Gasteiger partial charge on any atom is 0.265 e. The van der Waals surface area contributed by atoms with Gasteiger partial charge in [-0.15, -0.1) is 0 Å². The number of carbonyl (C=O) groups is 2. The Morgan fingerprint density at radius 2 is 2.07 bits per heavy atom. The highest BCUT2D eigenvalue weighted by molar-refractivity contribution is 6.14. The molecule has 1 amide bonds. The summed E-state index contributed by atoms with van der Waals surface area (Å²) in [5, 5.41) is 6.40. The minimum Gasteiger partial charge on any atom is -0.293 e. The van der Waals surface area contributed by atoms with Crippen molar-refractivity contribution in [3.63, 3.8) is 0 Å². The summed E-state index contributed by atoms with van der Waals surface area (Å²) in [7, 11) is 0. The minimum atomic E-state index is -0.985. The van der Waals surface area contributed by atoms with Crippen LogP contribution in [0.25, 0.3) is 0 Å². The van der Waals surface area contributed by atoms with E-state index in [0.29, 0.717) is 12.8 Å². The molecule has 0 atom stereocenters. The molecule has 0 saturated heterocycles. The standard InChI is InChI=1S/C9H12N4O2/c1-3-9(4-2)6(14)12-8-10-5-11-13(8)7(9)15/h5H,3-4H2,1-2H3,(H,10,11,12,14). The highest BCUT2D eigenvalue weighted by Gasteiger charge is 2.48. The molecule has 0 aromatic carbocycles. The van der Waals surface area contributed by atoms with Gasteiger partial charge in [-0.3, -0.25) is 14.9 Å². The van der Waals surface area contributed by atoms with Crippen LogP contribution in [0.4, 0.5) is 5.95 Å². The van der Waals surface area contributed by atoms with Gasteiger partial charge in [0.1, 0.15) is 11.7 Å². The smallest absolute Gasteiger partial charge is 0.265 e. The lowest BCUT2D eigenvalue weighted by Crippen LogP contribution is -2.49. The van der Waals surface area contributed by atoms with Crippen LogP contribution in [0.15, 0.2) is 6.33 Å². The maximum atomic E-state index is 12.1. The Bertz CT molecular complexity index is 420. The van der Waals surface area contributed by atoms with Crippen molar-refractivity contribution in [3.8, 4) is 0 Å². The molecular weight excluding hydrogens is 196 g/mol. The molecule has 0 aliphatic carbocycles. The lowest BCUT2D eigenvalue weighted by Gasteiger charge is -2.31. The second kappa shape index (κ2) is 3.15. The fourth-order valence-electron chi connectivity index (χ4n) is 1.87. The van der Waals surface area contributed by atoms with Gasteiger partial charge in [0, 0.05) is 0 Å². The van der Waals surface area contributed by atoms with E-state index in [2.05, 4.69) is 15.4 Å². The minimum absolute atomic E-state index is 0.211. The quantitative estimate of drug-likeness (QED) is 0.725. The summed E-state index contributed by atoms with van der Waals surface area (Å²) in [5.74, 6) is -0.357. The lowest BCUT2D eigenvalue weighted by molar-refractivity contribution is -0.124. The second-order valence-corrected chi connectivity index (χ2v) is 3.54. The summed E-state index contributed by atoms with van der Waals surface area (Å²) in [6, 6.07) is 0. The Hall–Kier alpha value is -1.72. The Kier molecular flexibility index (Phi) is 2.06. The number of anilines is 1. The molecule has 15 heavy (non-hydrogen) atoms. The molecule has 0 fully saturated rings. The van der Waals surface area contributed by atoms with Crippen LogP contribution in [0.3, 0.4) is 0 Å². The van der Waals surface area contributed by atoms with E-state index in [1.54, 1.807) is 0 Å².